The summed E-state index contributed by atoms with van der Waals surface area (Å²) in [6.45, 7) is 0.617. The lowest BCUT2D eigenvalue weighted by atomic mass is 10.0. The molecule has 0 aliphatic heterocycles. The number of amides is 2. The van der Waals surface area contributed by atoms with E-state index in [1.54, 1.807) is 0 Å². The molecule has 0 aromatic heterocycles. The second-order valence-electron chi connectivity index (χ2n) is 13.7. The summed E-state index contributed by atoms with van der Waals surface area (Å²) >= 11 is 0. The number of allylic oxidation sites excluding steroid dienone is 2. The van der Waals surface area contributed by atoms with Crippen LogP contribution in [0, 0.1) is 0 Å². The maximum absolute atomic E-state index is 14.2. The van der Waals surface area contributed by atoms with Crippen LogP contribution in [0.2, 0.25) is 0 Å². The van der Waals surface area contributed by atoms with Crippen LogP contribution < -0.4 is 10.6 Å². The molecule has 0 heterocycles. The summed E-state index contributed by atoms with van der Waals surface area (Å²) in [6.07, 6.45) is 34.6. The van der Waals surface area contributed by atoms with Crippen LogP contribution >= 0.6 is 0 Å². The molecule has 4 N–H and O–H groups in total. The van der Waals surface area contributed by atoms with E-state index < -0.39 is 23.5 Å². The first-order valence-electron chi connectivity index (χ1n) is 19.5. The van der Waals surface area contributed by atoms with E-state index in [9.17, 15) is 18.4 Å². The van der Waals surface area contributed by atoms with Gasteiger partial charge < -0.3 is 20.8 Å². The number of rotatable bonds is 34. The minimum atomic E-state index is -0.786. The van der Waals surface area contributed by atoms with Gasteiger partial charge in [0.2, 0.25) is 0 Å². The third-order valence-corrected chi connectivity index (χ3v) is 9.23. The summed E-state index contributed by atoms with van der Waals surface area (Å²) in [4.78, 5) is 24.3. The monoisotopic (exact) mass is 669 g/mol. The highest BCUT2D eigenvalue weighted by molar-refractivity contribution is 5.93. The molecule has 2 amide bonds. The summed E-state index contributed by atoms with van der Waals surface area (Å²) in [5.74, 6) is -3.10. The molecule has 1 aliphatic carbocycles. The largest absolute Gasteiger partial charge is 0.396 e. The quantitative estimate of drug-likeness (QED) is 0.0405. The Morgan fingerprint density at radius 3 is 0.936 bits per heavy atom. The van der Waals surface area contributed by atoms with Crippen LogP contribution in [-0.4, -0.2) is 47.3 Å². The Kier molecular flexibility index (Phi) is 28.9. The molecule has 1 rings (SSSR count). The molecule has 0 aromatic carbocycles. The average molecular weight is 669 g/mol. The molecule has 0 saturated heterocycles. The zero-order chi connectivity index (χ0) is 34.2. The number of aliphatic hydroxyl groups is 2. The number of aliphatic hydroxyl groups excluding tert-OH is 2. The molecule has 0 bridgehead atoms. The van der Waals surface area contributed by atoms with E-state index >= 15 is 0 Å². The van der Waals surface area contributed by atoms with E-state index in [4.69, 9.17) is 10.2 Å². The fourth-order valence-electron chi connectivity index (χ4n) is 6.03. The van der Waals surface area contributed by atoms with Crippen molar-refractivity contribution >= 4 is 11.8 Å². The standard InChI is InChI=1S/C39H70F2N2O4/c40-34(29-25-21-17-13-9-5-1-3-7-11-15-19-23-27-31-44)38(46)42-36-33-37(36)43-39(47)35(41)30-26-22-18-14-10-6-2-4-8-12-16-20-24-28-32-45/h29-30,36-37,44-45H,1-28,31-33H2,(H,42,46)(H,43,47)/t36-,37+. The number of carbonyl (C=O) groups excluding carboxylic acids is 2. The number of hydrogen-bond donors (Lipinski definition) is 4. The molecular formula is C39H70F2N2O4. The average Bonchev–Trinajstić information content (AvgIpc) is 3.80. The van der Waals surface area contributed by atoms with Crippen molar-refractivity contribution in [3.05, 3.63) is 23.8 Å². The van der Waals surface area contributed by atoms with Gasteiger partial charge >= 0.3 is 0 Å². The number of hydrogen-bond acceptors (Lipinski definition) is 4. The topological polar surface area (TPSA) is 98.7 Å². The van der Waals surface area contributed by atoms with Crippen LogP contribution in [0.1, 0.15) is 186 Å². The molecule has 0 aromatic rings. The van der Waals surface area contributed by atoms with Crippen molar-refractivity contribution in [3.8, 4) is 0 Å². The third kappa shape index (κ3) is 26.8. The Hall–Kier alpha value is -1.80. The van der Waals surface area contributed by atoms with Gasteiger partial charge in [-0.3, -0.25) is 9.59 Å². The van der Waals surface area contributed by atoms with Gasteiger partial charge in [0.1, 0.15) is 0 Å². The molecule has 1 fully saturated rings. The number of carbonyl (C=O) groups is 2. The number of unbranched alkanes of at least 4 members (excludes halogenated alkanes) is 26. The van der Waals surface area contributed by atoms with Crippen molar-refractivity contribution in [2.75, 3.05) is 13.2 Å². The van der Waals surface area contributed by atoms with E-state index in [-0.39, 0.29) is 12.1 Å². The first kappa shape index (κ1) is 43.2. The maximum Gasteiger partial charge on any atom is 0.279 e. The molecule has 2 atom stereocenters. The highest BCUT2D eigenvalue weighted by atomic mass is 19.1. The zero-order valence-corrected chi connectivity index (χ0v) is 29.7. The molecule has 8 heteroatoms. The lowest BCUT2D eigenvalue weighted by molar-refractivity contribution is -0.120. The van der Waals surface area contributed by atoms with Crippen LogP contribution in [0.3, 0.4) is 0 Å². The van der Waals surface area contributed by atoms with Gasteiger partial charge in [-0.2, -0.15) is 0 Å². The van der Waals surface area contributed by atoms with E-state index in [1.165, 1.54) is 115 Å². The Morgan fingerprint density at radius 1 is 0.447 bits per heavy atom. The summed E-state index contributed by atoms with van der Waals surface area (Å²) in [6, 6.07) is -0.719. The van der Waals surface area contributed by atoms with Crippen LogP contribution in [-0.2, 0) is 9.59 Å². The predicted octanol–water partition coefficient (Wildman–Crippen LogP) is 9.97. The Balaban J connectivity index is 1.96. The smallest absolute Gasteiger partial charge is 0.279 e. The van der Waals surface area contributed by atoms with E-state index in [0.29, 0.717) is 32.5 Å². The van der Waals surface area contributed by atoms with Crippen molar-refractivity contribution in [1.29, 1.82) is 0 Å². The minimum absolute atomic E-state index is 0.309. The SMILES string of the molecule is O=C(N[C@H]1C[C@H]1NC(=O)C(F)=CCCCCCCCCCCCCCCCO)C(F)=CCCCCCCCCCCCCCCCO. The van der Waals surface area contributed by atoms with Gasteiger partial charge in [0.25, 0.3) is 11.8 Å². The molecule has 1 saturated carbocycles. The zero-order valence-electron chi connectivity index (χ0n) is 29.7. The molecule has 0 spiro atoms. The second kappa shape index (κ2) is 31.5. The number of halogens is 2. The van der Waals surface area contributed by atoms with Gasteiger partial charge in [-0.05, 0) is 57.1 Å². The van der Waals surface area contributed by atoms with Gasteiger partial charge in [-0.25, -0.2) is 8.78 Å². The molecule has 274 valence electrons. The van der Waals surface area contributed by atoms with E-state index in [0.717, 1.165) is 64.2 Å². The lowest BCUT2D eigenvalue weighted by Crippen LogP contribution is -2.35. The maximum atomic E-state index is 14.2. The van der Waals surface area contributed by atoms with Gasteiger partial charge in [-0.15, -0.1) is 0 Å². The van der Waals surface area contributed by atoms with Crippen LogP contribution in [0.25, 0.3) is 0 Å². The predicted molar refractivity (Wildman–Crippen MR) is 190 cm³/mol. The van der Waals surface area contributed by atoms with Crippen molar-refractivity contribution in [2.24, 2.45) is 0 Å². The van der Waals surface area contributed by atoms with E-state index in [2.05, 4.69) is 10.6 Å². The molecule has 0 unspecified atom stereocenters. The first-order valence-corrected chi connectivity index (χ1v) is 19.5. The molecule has 6 nitrogen and oxygen atoms in total. The van der Waals surface area contributed by atoms with Crippen LogP contribution in [0.4, 0.5) is 8.78 Å². The Bertz CT molecular complexity index is 770. The fourth-order valence-corrected chi connectivity index (χ4v) is 6.03. The van der Waals surface area contributed by atoms with Gasteiger partial charge in [0.05, 0.1) is 12.1 Å². The van der Waals surface area contributed by atoms with Crippen LogP contribution in [0.5, 0.6) is 0 Å². The van der Waals surface area contributed by atoms with Crippen molar-refractivity contribution in [2.45, 2.75) is 198 Å². The molecule has 1 aliphatic rings. The number of nitrogens with one attached hydrogen (secondary N) is 2. The highest BCUT2D eigenvalue weighted by Crippen LogP contribution is 2.23. The van der Waals surface area contributed by atoms with Gasteiger partial charge in [0.15, 0.2) is 11.7 Å². The summed E-state index contributed by atoms with van der Waals surface area (Å²) in [5.41, 5.74) is 0. The molecular weight excluding hydrogens is 598 g/mol. The first-order chi connectivity index (χ1) is 23.0. The Labute approximate surface area is 286 Å². The fraction of sp³-hybridized carbons (Fsp3) is 0.846. The molecule has 47 heavy (non-hydrogen) atoms. The van der Waals surface area contributed by atoms with Gasteiger partial charge in [-0.1, -0.05) is 141 Å². The lowest BCUT2D eigenvalue weighted by Gasteiger charge is -2.05. The normalized spacial score (nSPS) is 16.4. The summed E-state index contributed by atoms with van der Waals surface area (Å²) < 4.78 is 28.4. The van der Waals surface area contributed by atoms with E-state index in [1.807, 2.05) is 0 Å². The Morgan fingerprint density at radius 2 is 0.681 bits per heavy atom. The third-order valence-electron chi connectivity index (χ3n) is 9.23. The molecule has 0 radical (unpaired) electrons. The van der Waals surface area contributed by atoms with Crippen LogP contribution in [0.15, 0.2) is 23.8 Å². The van der Waals surface area contributed by atoms with Crippen molar-refractivity contribution in [1.82, 2.24) is 10.6 Å². The van der Waals surface area contributed by atoms with Crippen molar-refractivity contribution in [3.63, 3.8) is 0 Å². The summed E-state index contributed by atoms with van der Waals surface area (Å²) in [7, 11) is 0. The second-order valence-corrected chi connectivity index (χ2v) is 13.7. The van der Waals surface area contributed by atoms with Crippen molar-refractivity contribution < 1.29 is 28.6 Å². The van der Waals surface area contributed by atoms with Gasteiger partial charge in [0, 0.05) is 13.2 Å². The highest BCUT2D eigenvalue weighted by Gasteiger charge is 2.40. The summed E-state index contributed by atoms with van der Waals surface area (Å²) in [5, 5.41) is 22.8. The minimum Gasteiger partial charge on any atom is -0.396 e.